The normalized spacial score (nSPS) is 25.1. The van der Waals surface area contributed by atoms with Crippen LogP contribution in [0.4, 0.5) is 5.82 Å². The highest BCUT2D eigenvalue weighted by atomic mass is 15.4. The van der Waals surface area contributed by atoms with E-state index in [-0.39, 0.29) is 0 Å². The highest BCUT2D eigenvalue weighted by Gasteiger charge is 2.26. The van der Waals surface area contributed by atoms with Crippen LogP contribution in [0.25, 0.3) is 0 Å². The van der Waals surface area contributed by atoms with Gasteiger partial charge in [-0.05, 0) is 25.9 Å². The third-order valence-electron chi connectivity index (χ3n) is 4.01. The number of hydrogen-bond acceptors (Lipinski definition) is 4. The van der Waals surface area contributed by atoms with E-state index in [1.165, 1.54) is 11.3 Å². The number of fused-ring (bicyclic) bond motifs is 1. The van der Waals surface area contributed by atoms with Gasteiger partial charge < -0.3 is 11.1 Å². The van der Waals surface area contributed by atoms with Crippen molar-refractivity contribution in [2.24, 2.45) is 0 Å². The molecule has 5 heteroatoms. The first-order valence-corrected chi connectivity index (χ1v) is 6.58. The molecule has 0 aliphatic carbocycles. The molecule has 1 fully saturated rings. The van der Waals surface area contributed by atoms with Gasteiger partial charge in [0.1, 0.15) is 5.82 Å². The van der Waals surface area contributed by atoms with Gasteiger partial charge in [-0.15, -0.1) is 0 Å². The van der Waals surface area contributed by atoms with Crippen LogP contribution in [0.3, 0.4) is 0 Å². The largest absolute Gasteiger partial charge is 0.384 e. The lowest BCUT2D eigenvalue weighted by atomic mass is 10.1. The van der Waals surface area contributed by atoms with Gasteiger partial charge in [-0.2, -0.15) is 5.10 Å². The van der Waals surface area contributed by atoms with Crippen LogP contribution in [0, 0.1) is 0 Å². The molecule has 0 amide bonds. The Labute approximate surface area is 102 Å². The Kier molecular flexibility index (Phi) is 2.80. The first-order chi connectivity index (χ1) is 8.29. The molecule has 0 spiro atoms. The number of anilines is 1. The lowest BCUT2D eigenvalue weighted by Gasteiger charge is -2.24. The Balaban J connectivity index is 1.89. The number of nitrogens with two attached hydrogens (primary N) is 1. The Morgan fingerprint density at radius 2 is 2.41 bits per heavy atom. The van der Waals surface area contributed by atoms with Crippen LogP contribution in [-0.4, -0.2) is 40.9 Å². The topological polar surface area (TPSA) is 59.1 Å². The van der Waals surface area contributed by atoms with Crippen molar-refractivity contribution in [1.82, 2.24) is 20.0 Å². The summed E-state index contributed by atoms with van der Waals surface area (Å²) in [7, 11) is 0. The van der Waals surface area contributed by atoms with Gasteiger partial charge in [-0.1, -0.05) is 6.92 Å². The van der Waals surface area contributed by atoms with Gasteiger partial charge in [0, 0.05) is 25.2 Å². The zero-order chi connectivity index (χ0) is 11.8. The molecule has 2 aliphatic rings. The number of hydrogen-bond donors (Lipinski definition) is 2. The van der Waals surface area contributed by atoms with Gasteiger partial charge >= 0.3 is 0 Å². The minimum atomic E-state index is 0.454. The van der Waals surface area contributed by atoms with E-state index in [0.29, 0.717) is 6.04 Å². The standard InChI is InChI=1S/C12H21N5/c1-2-16-6-4-10-11(8-16)15-17(12(10)13)9-3-5-14-7-9/h9,14H,2-8,13H2,1H3. The van der Waals surface area contributed by atoms with Crippen LogP contribution in [0.2, 0.25) is 0 Å². The summed E-state index contributed by atoms with van der Waals surface area (Å²) in [5.41, 5.74) is 8.73. The van der Waals surface area contributed by atoms with Gasteiger partial charge in [0.25, 0.3) is 0 Å². The quantitative estimate of drug-likeness (QED) is 0.778. The second kappa shape index (κ2) is 4.31. The summed E-state index contributed by atoms with van der Waals surface area (Å²) in [6.07, 6.45) is 2.19. The third kappa shape index (κ3) is 1.83. The van der Waals surface area contributed by atoms with E-state index >= 15 is 0 Å². The lowest BCUT2D eigenvalue weighted by Crippen LogP contribution is -2.30. The Bertz CT molecular complexity index is 405. The minimum Gasteiger partial charge on any atom is -0.384 e. The molecule has 3 N–H and O–H groups in total. The van der Waals surface area contributed by atoms with Crippen molar-refractivity contribution in [2.75, 3.05) is 31.9 Å². The van der Waals surface area contributed by atoms with Crippen molar-refractivity contribution in [3.63, 3.8) is 0 Å². The van der Waals surface area contributed by atoms with Gasteiger partial charge in [-0.25, -0.2) is 4.68 Å². The van der Waals surface area contributed by atoms with E-state index in [1.54, 1.807) is 0 Å². The molecule has 2 aliphatic heterocycles. The molecule has 1 aromatic rings. The van der Waals surface area contributed by atoms with Crippen molar-refractivity contribution in [3.05, 3.63) is 11.3 Å². The minimum absolute atomic E-state index is 0.454. The first kappa shape index (κ1) is 11.0. The maximum absolute atomic E-state index is 6.25. The highest BCUT2D eigenvalue weighted by molar-refractivity contribution is 5.45. The first-order valence-electron chi connectivity index (χ1n) is 6.58. The molecule has 5 nitrogen and oxygen atoms in total. The average molecular weight is 235 g/mol. The van der Waals surface area contributed by atoms with E-state index < -0.39 is 0 Å². The smallest absolute Gasteiger partial charge is 0.125 e. The van der Waals surface area contributed by atoms with Crippen LogP contribution in [0.1, 0.15) is 30.6 Å². The van der Waals surface area contributed by atoms with Crippen molar-refractivity contribution >= 4 is 5.82 Å². The van der Waals surface area contributed by atoms with Crippen molar-refractivity contribution in [1.29, 1.82) is 0 Å². The number of nitrogens with zero attached hydrogens (tertiary/aromatic N) is 3. The Morgan fingerprint density at radius 3 is 3.12 bits per heavy atom. The predicted molar refractivity (Wildman–Crippen MR) is 67.8 cm³/mol. The molecule has 94 valence electrons. The molecule has 17 heavy (non-hydrogen) atoms. The molecule has 0 saturated carbocycles. The summed E-state index contributed by atoms with van der Waals surface area (Å²) < 4.78 is 2.06. The molecule has 1 unspecified atom stereocenters. The zero-order valence-corrected chi connectivity index (χ0v) is 10.4. The van der Waals surface area contributed by atoms with Gasteiger partial charge in [0.05, 0.1) is 11.7 Å². The van der Waals surface area contributed by atoms with Crippen LogP contribution in [-0.2, 0) is 13.0 Å². The fourth-order valence-corrected chi connectivity index (χ4v) is 2.89. The SMILES string of the molecule is CCN1CCc2c(nn(C3CCNC3)c2N)C1. The number of aromatic nitrogens is 2. The summed E-state index contributed by atoms with van der Waals surface area (Å²) >= 11 is 0. The van der Waals surface area contributed by atoms with E-state index in [9.17, 15) is 0 Å². The molecular weight excluding hydrogens is 214 g/mol. The fraction of sp³-hybridized carbons (Fsp3) is 0.750. The zero-order valence-electron chi connectivity index (χ0n) is 10.4. The number of nitrogens with one attached hydrogen (secondary N) is 1. The van der Waals surface area contributed by atoms with Crippen LogP contribution in [0.15, 0.2) is 0 Å². The van der Waals surface area contributed by atoms with Crippen LogP contribution >= 0.6 is 0 Å². The third-order valence-corrected chi connectivity index (χ3v) is 4.01. The molecule has 3 heterocycles. The van der Waals surface area contributed by atoms with Gasteiger partial charge in [0.2, 0.25) is 0 Å². The maximum Gasteiger partial charge on any atom is 0.125 e. The van der Waals surface area contributed by atoms with E-state index in [0.717, 1.165) is 51.4 Å². The molecule has 1 atom stereocenters. The molecule has 0 radical (unpaired) electrons. The summed E-state index contributed by atoms with van der Waals surface area (Å²) in [5.74, 6) is 0.907. The Morgan fingerprint density at radius 1 is 1.53 bits per heavy atom. The molecule has 0 bridgehead atoms. The fourth-order valence-electron chi connectivity index (χ4n) is 2.89. The van der Waals surface area contributed by atoms with E-state index in [2.05, 4.69) is 21.8 Å². The monoisotopic (exact) mass is 235 g/mol. The average Bonchev–Trinajstić information content (AvgIpc) is 2.97. The number of rotatable bonds is 2. The summed E-state index contributed by atoms with van der Waals surface area (Å²) in [5, 5.41) is 8.11. The van der Waals surface area contributed by atoms with Crippen molar-refractivity contribution in [3.8, 4) is 0 Å². The second-order valence-electron chi connectivity index (χ2n) is 5.02. The number of nitrogen functional groups attached to an aromatic ring is 1. The van der Waals surface area contributed by atoms with Crippen molar-refractivity contribution < 1.29 is 0 Å². The maximum atomic E-state index is 6.25. The molecule has 1 aromatic heterocycles. The summed E-state index contributed by atoms with van der Waals surface area (Å²) in [6.45, 7) is 7.45. The Hall–Kier alpha value is -1.07. The second-order valence-corrected chi connectivity index (χ2v) is 5.02. The molecule has 0 aromatic carbocycles. The van der Waals surface area contributed by atoms with Crippen LogP contribution < -0.4 is 11.1 Å². The predicted octanol–water partition coefficient (Wildman–Crippen LogP) is 0.378. The van der Waals surface area contributed by atoms with E-state index in [1.807, 2.05) is 0 Å². The summed E-state index contributed by atoms with van der Waals surface area (Å²) in [6, 6.07) is 0.454. The molecule has 3 rings (SSSR count). The van der Waals surface area contributed by atoms with Crippen LogP contribution in [0.5, 0.6) is 0 Å². The van der Waals surface area contributed by atoms with E-state index in [4.69, 9.17) is 10.8 Å². The highest BCUT2D eigenvalue weighted by Crippen LogP contribution is 2.28. The van der Waals surface area contributed by atoms with Crippen molar-refractivity contribution in [2.45, 2.75) is 32.4 Å². The summed E-state index contributed by atoms with van der Waals surface area (Å²) in [4.78, 5) is 2.42. The molecule has 1 saturated heterocycles. The molecular formula is C12H21N5. The number of likely N-dealkylation sites (N-methyl/N-ethyl adjacent to an activating group) is 1. The van der Waals surface area contributed by atoms with Gasteiger partial charge in [-0.3, -0.25) is 4.90 Å². The van der Waals surface area contributed by atoms with Gasteiger partial charge in [0.15, 0.2) is 0 Å². The lowest BCUT2D eigenvalue weighted by molar-refractivity contribution is 0.264.